The molecule has 1 atom stereocenters. The van der Waals surface area contributed by atoms with Gasteiger partial charge < -0.3 is 0 Å². The molecule has 0 N–H and O–H groups in total. The van der Waals surface area contributed by atoms with Gasteiger partial charge in [-0.25, -0.2) is 9.13 Å². The Morgan fingerprint density at radius 2 is 0.959 bits per heavy atom. The molecular weight excluding hydrogens is 889 g/mol. The zero-order valence-electron chi connectivity index (χ0n) is 48.0. The summed E-state index contributed by atoms with van der Waals surface area (Å²) in [7, 11) is 4.20. The lowest BCUT2D eigenvalue weighted by Crippen LogP contribution is -2.30. The monoisotopic (exact) mass is 961 g/mol. The van der Waals surface area contributed by atoms with Crippen LogP contribution in [0.3, 0.4) is 0 Å². The first-order chi connectivity index (χ1) is 36.6. The molecule has 0 saturated heterocycles. The summed E-state index contributed by atoms with van der Waals surface area (Å²) in [6.07, 6.45) is 16.2. The summed E-state index contributed by atoms with van der Waals surface area (Å²) in [6, 6.07) is 42.6. The van der Waals surface area contributed by atoms with Crippen LogP contribution in [0.4, 0.5) is 0 Å². The fraction of sp³-hybridized carbons (Fsp3) is 0.284. The van der Waals surface area contributed by atoms with E-state index in [2.05, 4.69) is 190 Å². The molecule has 3 aromatic carbocycles. The number of fused-ring (bicyclic) bond motifs is 11. The molecule has 4 aliphatic rings. The van der Waals surface area contributed by atoms with Crippen LogP contribution in [-0.4, -0.2) is 19.9 Å². The maximum atomic E-state index is 8.46. The third-order valence-electron chi connectivity index (χ3n) is 16.5. The largest absolute Gasteiger partial charge is 0.260 e. The number of hydrogen-bond acceptors (Lipinski definition) is 4. The van der Waals surface area contributed by atoms with E-state index in [0.717, 1.165) is 24.0 Å². The Hall–Kier alpha value is -7.44. The SMILES string of the molecule is Cc1cc2c(cc1-c1cccc[n+]1C)C(C)(C)c1ncccc1-2.Cc1cc2c(cc1-c1cccc[n+]1C)C(C)(C)c1ncccc1-2.[2H]C([2H])([2H])C([2H])(C)c1ccnc(-c2cc3c(cc2C)C2(CCCC2)c2ncccc2-3)c1. The molecular formula is C67H68N6+2. The standard InChI is InChI=1S/C25H26N2.2C21H21N2/c1-16(2)18-8-12-26-23(14-18)20-15-21-19-7-6-11-27-24(19)25(9-4-5-10-25)22(21)13-17(20)3;2*1-14-12-17-15-8-7-10-22-20(15)21(2,3)18(17)13-16(14)19-9-5-6-11-23(19)4/h6-8,11-16H,4-5,9-10H2,1-3H3;2*5-13H,1-4H3/q;2*+1/i1D3,16D;;. The lowest BCUT2D eigenvalue weighted by Gasteiger charge is -2.25. The van der Waals surface area contributed by atoms with Crippen molar-refractivity contribution >= 4 is 0 Å². The fourth-order valence-electron chi connectivity index (χ4n) is 12.6. The van der Waals surface area contributed by atoms with E-state index in [1.807, 2.05) is 36.8 Å². The van der Waals surface area contributed by atoms with Gasteiger partial charge in [-0.2, -0.15) is 0 Å². The van der Waals surface area contributed by atoms with Crippen LogP contribution in [0.5, 0.6) is 0 Å². The summed E-state index contributed by atoms with van der Waals surface area (Å²) < 4.78 is 36.2. The van der Waals surface area contributed by atoms with Crippen LogP contribution < -0.4 is 9.13 Å². The highest BCUT2D eigenvalue weighted by Gasteiger charge is 2.47. The Balaban J connectivity index is 0.000000125. The van der Waals surface area contributed by atoms with Crippen LogP contribution in [-0.2, 0) is 30.3 Å². The number of pyridine rings is 6. The molecule has 73 heavy (non-hydrogen) atoms. The molecule has 6 nitrogen and oxygen atoms in total. The van der Waals surface area contributed by atoms with Gasteiger partial charge >= 0.3 is 0 Å². The minimum Gasteiger partial charge on any atom is -0.260 e. The molecule has 1 saturated carbocycles. The van der Waals surface area contributed by atoms with Crippen molar-refractivity contribution in [1.29, 1.82) is 0 Å². The first-order valence-corrected chi connectivity index (χ1v) is 25.8. The van der Waals surface area contributed by atoms with Crippen LogP contribution in [0.25, 0.3) is 67.2 Å². The van der Waals surface area contributed by atoms with E-state index >= 15 is 0 Å². The third kappa shape index (κ3) is 7.92. The first-order valence-electron chi connectivity index (χ1n) is 27.8. The zero-order chi connectivity index (χ0) is 54.4. The highest BCUT2D eigenvalue weighted by Crippen LogP contribution is 2.57. The van der Waals surface area contributed by atoms with Gasteiger partial charge in [0.15, 0.2) is 12.4 Å². The lowest BCUT2D eigenvalue weighted by atomic mass is 9.78. The van der Waals surface area contributed by atoms with E-state index in [1.54, 1.807) is 18.3 Å². The van der Waals surface area contributed by atoms with Gasteiger partial charge in [-0.05, 0) is 156 Å². The van der Waals surface area contributed by atoms with Crippen LogP contribution in [0.15, 0.2) is 159 Å². The third-order valence-corrected chi connectivity index (χ3v) is 16.5. The molecule has 6 heterocycles. The molecule has 6 heteroatoms. The Labute approximate surface area is 438 Å². The van der Waals surface area contributed by atoms with Crippen molar-refractivity contribution in [3.8, 4) is 67.2 Å². The molecule has 13 rings (SSSR count). The van der Waals surface area contributed by atoms with E-state index in [1.165, 1.54) is 121 Å². The van der Waals surface area contributed by atoms with Gasteiger partial charge in [-0.3, -0.25) is 19.9 Å². The van der Waals surface area contributed by atoms with Gasteiger partial charge in [0.1, 0.15) is 14.1 Å². The average Bonchev–Trinajstić information content (AvgIpc) is 4.15. The maximum absolute atomic E-state index is 8.46. The molecule has 9 aromatic rings. The molecule has 0 aliphatic heterocycles. The highest BCUT2D eigenvalue weighted by atomic mass is 14.9. The van der Waals surface area contributed by atoms with Crippen molar-refractivity contribution in [2.24, 2.45) is 14.1 Å². The van der Waals surface area contributed by atoms with E-state index in [-0.39, 0.29) is 16.2 Å². The second kappa shape index (κ2) is 18.2. The van der Waals surface area contributed by atoms with Gasteiger partial charge in [-0.15, -0.1) is 0 Å². The van der Waals surface area contributed by atoms with Crippen molar-refractivity contribution in [2.75, 3.05) is 0 Å². The van der Waals surface area contributed by atoms with Crippen LogP contribution in [0, 0.1) is 20.8 Å². The summed E-state index contributed by atoms with van der Waals surface area (Å²) in [4.78, 5) is 18.7. The van der Waals surface area contributed by atoms with Gasteiger partial charge in [0, 0.05) is 104 Å². The maximum Gasteiger partial charge on any atom is 0.212 e. The topological polar surface area (TPSA) is 59.3 Å². The normalized spacial score (nSPS) is 17.1. The molecule has 1 fully saturated rings. The van der Waals surface area contributed by atoms with E-state index < -0.39 is 12.7 Å². The van der Waals surface area contributed by atoms with Crippen LogP contribution in [0.2, 0.25) is 0 Å². The number of aryl methyl sites for hydroxylation is 5. The number of aromatic nitrogens is 6. The molecule has 0 radical (unpaired) electrons. The molecule has 1 spiro atoms. The molecule has 4 aliphatic carbocycles. The van der Waals surface area contributed by atoms with Crippen molar-refractivity contribution in [2.45, 2.75) is 110 Å². The number of benzene rings is 3. The number of nitrogens with zero attached hydrogens (tertiary/aromatic N) is 6. The van der Waals surface area contributed by atoms with Gasteiger partial charge in [0.05, 0.1) is 22.8 Å². The summed E-state index contributed by atoms with van der Waals surface area (Å²) >= 11 is 0. The Morgan fingerprint density at radius 1 is 0.479 bits per heavy atom. The second-order valence-corrected chi connectivity index (χ2v) is 21.8. The quantitative estimate of drug-likeness (QED) is 0.165. The minimum atomic E-state index is -2.42. The van der Waals surface area contributed by atoms with Crippen molar-refractivity contribution in [3.63, 3.8) is 0 Å². The first kappa shape index (κ1) is 43.2. The van der Waals surface area contributed by atoms with E-state index in [4.69, 9.17) is 10.5 Å². The summed E-state index contributed by atoms with van der Waals surface area (Å²) in [5.74, 6) is -1.69. The van der Waals surface area contributed by atoms with Crippen LogP contribution >= 0.6 is 0 Å². The van der Waals surface area contributed by atoms with E-state index in [9.17, 15) is 0 Å². The molecule has 0 amide bonds. The van der Waals surface area contributed by atoms with Crippen LogP contribution in [0.1, 0.15) is 135 Å². The summed E-state index contributed by atoms with van der Waals surface area (Å²) in [5, 5.41) is 0. The smallest absolute Gasteiger partial charge is 0.212 e. The molecule has 364 valence electrons. The zero-order valence-corrected chi connectivity index (χ0v) is 44.0. The van der Waals surface area contributed by atoms with Crippen molar-refractivity contribution in [1.82, 2.24) is 19.9 Å². The number of rotatable bonds is 4. The minimum absolute atomic E-state index is 0.0193. The second-order valence-electron chi connectivity index (χ2n) is 21.8. The van der Waals surface area contributed by atoms with E-state index in [0.29, 0.717) is 11.3 Å². The summed E-state index contributed by atoms with van der Waals surface area (Å²) in [6.45, 7) is 14.6. The molecule has 1 unspecified atom stereocenters. The number of hydrogen-bond donors (Lipinski definition) is 0. The summed E-state index contributed by atoms with van der Waals surface area (Å²) in [5.41, 5.74) is 26.2. The van der Waals surface area contributed by atoms with Gasteiger partial charge in [0.2, 0.25) is 11.4 Å². The molecule has 6 aromatic heterocycles. The Morgan fingerprint density at radius 3 is 1.47 bits per heavy atom. The Bertz CT molecular complexity index is 3650. The molecule has 0 bridgehead atoms. The van der Waals surface area contributed by atoms with Gasteiger partial charge in [0.25, 0.3) is 0 Å². The van der Waals surface area contributed by atoms with Crippen molar-refractivity contribution < 1.29 is 14.6 Å². The predicted octanol–water partition coefficient (Wildman–Crippen LogP) is 14.8. The average molecular weight is 961 g/mol. The highest BCUT2D eigenvalue weighted by molar-refractivity contribution is 5.86. The van der Waals surface area contributed by atoms with Crippen molar-refractivity contribution in [3.05, 3.63) is 215 Å². The van der Waals surface area contributed by atoms with Gasteiger partial charge in [-0.1, -0.05) is 90.7 Å². The fourth-order valence-corrected chi connectivity index (χ4v) is 12.6. The lowest BCUT2D eigenvalue weighted by molar-refractivity contribution is -0.660. The predicted molar refractivity (Wildman–Crippen MR) is 297 cm³/mol. The Kier molecular flexibility index (Phi) is 10.8.